The van der Waals surface area contributed by atoms with Crippen LogP contribution in [0.15, 0.2) is 60.7 Å². The highest BCUT2D eigenvalue weighted by atomic mass is 16.1. The highest BCUT2D eigenvalue weighted by Crippen LogP contribution is 2.30. The molecular formula is C20H23NO. The van der Waals surface area contributed by atoms with E-state index in [1.165, 1.54) is 19.3 Å². The molecule has 1 fully saturated rings. The Bertz CT molecular complexity index is 588. The maximum absolute atomic E-state index is 13.0. The van der Waals surface area contributed by atoms with Gasteiger partial charge in [-0.15, -0.1) is 0 Å². The second-order valence-electron chi connectivity index (χ2n) is 6.12. The van der Waals surface area contributed by atoms with Crippen molar-refractivity contribution < 1.29 is 4.79 Å². The summed E-state index contributed by atoms with van der Waals surface area (Å²) in [4.78, 5) is 13.0. The lowest BCUT2D eigenvalue weighted by molar-refractivity contribution is 0.0929. The van der Waals surface area contributed by atoms with Crippen molar-refractivity contribution in [3.05, 3.63) is 66.2 Å². The summed E-state index contributed by atoms with van der Waals surface area (Å²) in [6.07, 6.45) is 6.06. The Hall–Kier alpha value is -2.09. The molecule has 2 nitrogen and oxygen atoms in total. The van der Waals surface area contributed by atoms with E-state index in [0.717, 1.165) is 24.1 Å². The van der Waals surface area contributed by atoms with E-state index >= 15 is 0 Å². The molecule has 0 spiro atoms. The van der Waals surface area contributed by atoms with Crippen molar-refractivity contribution in [1.29, 1.82) is 0 Å². The van der Waals surface area contributed by atoms with Gasteiger partial charge in [0.15, 0.2) is 5.78 Å². The Morgan fingerprint density at radius 1 is 0.864 bits per heavy atom. The first kappa shape index (κ1) is 14.8. The third-order valence-corrected chi connectivity index (χ3v) is 4.56. The van der Waals surface area contributed by atoms with Crippen molar-refractivity contribution in [2.24, 2.45) is 5.92 Å². The number of Topliss-reactive ketones (excluding diaryl/α,β-unsaturated/α-hetero) is 1. The maximum atomic E-state index is 13.0. The van der Waals surface area contributed by atoms with Gasteiger partial charge < -0.3 is 5.32 Å². The van der Waals surface area contributed by atoms with Crippen molar-refractivity contribution in [1.82, 2.24) is 0 Å². The van der Waals surface area contributed by atoms with Gasteiger partial charge in [-0.25, -0.2) is 0 Å². The summed E-state index contributed by atoms with van der Waals surface area (Å²) in [5, 5.41) is 3.50. The topological polar surface area (TPSA) is 29.1 Å². The Morgan fingerprint density at radius 3 is 2.09 bits per heavy atom. The van der Waals surface area contributed by atoms with Gasteiger partial charge in [-0.3, -0.25) is 4.79 Å². The first-order valence-corrected chi connectivity index (χ1v) is 8.25. The molecule has 1 saturated carbocycles. The Morgan fingerprint density at radius 2 is 1.45 bits per heavy atom. The molecule has 0 unspecified atom stereocenters. The van der Waals surface area contributed by atoms with E-state index < -0.39 is 0 Å². The molecule has 0 aromatic heterocycles. The number of hydrogen-bond acceptors (Lipinski definition) is 2. The molecule has 0 saturated heterocycles. The Labute approximate surface area is 132 Å². The van der Waals surface area contributed by atoms with Crippen molar-refractivity contribution in [3.8, 4) is 0 Å². The maximum Gasteiger partial charge on any atom is 0.185 e. The first-order valence-electron chi connectivity index (χ1n) is 8.25. The summed E-state index contributed by atoms with van der Waals surface area (Å²) in [6, 6.07) is 19.6. The number of para-hydroxylation sites is 1. The summed E-state index contributed by atoms with van der Waals surface area (Å²) < 4.78 is 0. The number of hydrogen-bond donors (Lipinski definition) is 1. The fraction of sp³-hybridized carbons (Fsp3) is 0.350. The van der Waals surface area contributed by atoms with E-state index in [1.54, 1.807) is 0 Å². The van der Waals surface area contributed by atoms with Gasteiger partial charge in [-0.05, 0) is 30.9 Å². The van der Waals surface area contributed by atoms with Crippen LogP contribution in [0.2, 0.25) is 0 Å². The SMILES string of the molecule is O=C(c1ccccc1)[C@H](Nc1ccccc1)C1CCCCC1. The first-order chi connectivity index (χ1) is 10.8. The molecular weight excluding hydrogens is 270 g/mol. The van der Waals surface area contributed by atoms with Crippen LogP contribution in [0.4, 0.5) is 5.69 Å². The number of rotatable bonds is 5. The summed E-state index contributed by atoms with van der Waals surface area (Å²) in [6.45, 7) is 0. The molecule has 114 valence electrons. The van der Waals surface area contributed by atoms with Crippen LogP contribution in [0, 0.1) is 5.92 Å². The molecule has 2 heteroatoms. The molecule has 0 heterocycles. The molecule has 2 aromatic rings. The molecule has 1 atom stereocenters. The average Bonchev–Trinajstić information content (AvgIpc) is 2.61. The largest absolute Gasteiger partial charge is 0.375 e. The molecule has 2 aromatic carbocycles. The van der Waals surface area contributed by atoms with Gasteiger partial charge in [0, 0.05) is 11.3 Å². The van der Waals surface area contributed by atoms with E-state index in [4.69, 9.17) is 0 Å². The molecule has 0 bridgehead atoms. The van der Waals surface area contributed by atoms with Gasteiger partial charge in [0.1, 0.15) is 0 Å². The van der Waals surface area contributed by atoms with Crippen LogP contribution in [0.25, 0.3) is 0 Å². The minimum absolute atomic E-state index is 0.120. The van der Waals surface area contributed by atoms with Crippen LogP contribution in [0.5, 0.6) is 0 Å². The van der Waals surface area contributed by atoms with Crippen molar-refractivity contribution in [3.63, 3.8) is 0 Å². The van der Waals surface area contributed by atoms with E-state index in [9.17, 15) is 4.79 Å². The lowest BCUT2D eigenvalue weighted by Gasteiger charge is -2.30. The predicted molar refractivity (Wildman–Crippen MR) is 91.2 cm³/mol. The quantitative estimate of drug-likeness (QED) is 0.792. The third kappa shape index (κ3) is 3.56. The van der Waals surface area contributed by atoms with E-state index in [0.29, 0.717) is 5.92 Å². The van der Waals surface area contributed by atoms with Crippen LogP contribution in [0.3, 0.4) is 0 Å². The second kappa shape index (κ2) is 7.26. The molecule has 1 aliphatic rings. The summed E-state index contributed by atoms with van der Waals surface area (Å²) in [5.74, 6) is 0.651. The minimum atomic E-state index is -0.120. The highest BCUT2D eigenvalue weighted by Gasteiger charge is 2.30. The van der Waals surface area contributed by atoms with Gasteiger partial charge in [-0.1, -0.05) is 67.8 Å². The Kier molecular flexibility index (Phi) is 4.89. The standard InChI is InChI=1S/C20H23NO/c22-20(17-12-6-2-7-13-17)19(16-10-4-1-5-11-16)21-18-14-8-3-9-15-18/h2-3,6-9,12-16,19,21H,1,4-5,10-11H2/t19-/m1/s1. The zero-order valence-electron chi connectivity index (χ0n) is 12.9. The van der Waals surface area contributed by atoms with Crippen LogP contribution < -0.4 is 5.32 Å². The lowest BCUT2D eigenvalue weighted by Crippen LogP contribution is -2.38. The van der Waals surface area contributed by atoms with E-state index in [2.05, 4.69) is 5.32 Å². The molecule has 0 amide bonds. The van der Waals surface area contributed by atoms with E-state index in [1.807, 2.05) is 60.7 Å². The normalized spacial score (nSPS) is 16.9. The van der Waals surface area contributed by atoms with Crippen LogP contribution in [0.1, 0.15) is 42.5 Å². The third-order valence-electron chi connectivity index (χ3n) is 4.56. The molecule has 1 aliphatic carbocycles. The molecule has 22 heavy (non-hydrogen) atoms. The van der Waals surface area contributed by atoms with Gasteiger partial charge in [0.05, 0.1) is 6.04 Å². The minimum Gasteiger partial charge on any atom is -0.375 e. The monoisotopic (exact) mass is 293 g/mol. The lowest BCUT2D eigenvalue weighted by atomic mass is 9.81. The highest BCUT2D eigenvalue weighted by molar-refractivity contribution is 6.01. The van der Waals surface area contributed by atoms with Gasteiger partial charge in [0.25, 0.3) is 0 Å². The number of carbonyl (C=O) groups is 1. The van der Waals surface area contributed by atoms with Crippen molar-refractivity contribution in [2.45, 2.75) is 38.1 Å². The molecule has 0 aliphatic heterocycles. The van der Waals surface area contributed by atoms with Crippen LogP contribution in [-0.4, -0.2) is 11.8 Å². The zero-order valence-corrected chi connectivity index (χ0v) is 12.9. The van der Waals surface area contributed by atoms with Crippen molar-refractivity contribution in [2.75, 3.05) is 5.32 Å². The number of benzene rings is 2. The molecule has 1 N–H and O–H groups in total. The summed E-state index contributed by atoms with van der Waals surface area (Å²) >= 11 is 0. The summed E-state index contributed by atoms with van der Waals surface area (Å²) in [7, 11) is 0. The predicted octanol–water partition coefficient (Wildman–Crippen LogP) is 4.93. The smallest absolute Gasteiger partial charge is 0.185 e. The molecule has 3 rings (SSSR count). The average molecular weight is 293 g/mol. The number of carbonyl (C=O) groups excluding carboxylic acids is 1. The van der Waals surface area contributed by atoms with Crippen molar-refractivity contribution >= 4 is 11.5 Å². The second-order valence-corrected chi connectivity index (χ2v) is 6.12. The number of ketones is 1. The van der Waals surface area contributed by atoms with Gasteiger partial charge in [-0.2, -0.15) is 0 Å². The van der Waals surface area contributed by atoms with Crippen LogP contribution >= 0.6 is 0 Å². The van der Waals surface area contributed by atoms with Crippen LogP contribution in [-0.2, 0) is 0 Å². The van der Waals surface area contributed by atoms with Gasteiger partial charge >= 0.3 is 0 Å². The Balaban J connectivity index is 1.83. The fourth-order valence-electron chi connectivity index (χ4n) is 3.36. The number of anilines is 1. The zero-order chi connectivity index (χ0) is 15.2. The fourth-order valence-corrected chi connectivity index (χ4v) is 3.36. The summed E-state index contributed by atoms with van der Waals surface area (Å²) in [5.41, 5.74) is 1.84. The van der Waals surface area contributed by atoms with Gasteiger partial charge in [0.2, 0.25) is 0 Å². The molecule has 0 radical (unpaired) electrons. The van der Waals surface area contributed by atoms with E-state index in [-0.39, 0.29) is 11.8 Å². The number of nitrogens with one attached hydrogen (secondary N) is 1.